The van der Waals surface area contributed by atoms with Crippen LogP contribution in [0.4, 0.5) is 0 Å². The zero-order valence-corrected chi connectivity index (χ0v) is 11.3. The van der Waals surface area contributed by atoms with E-state index in [2.05, 4.69) is 0 Å². The summed E-state index contributed by atoms with van der Waals surface area (Å²) in [5, 5.41) is 10.5. The zero-order valence-electron chi connectivity index (χ0n) is 11.3. The highest BCUT2D eigenvalue weighted by atomic mass is 16.5. The summed E-state index contributed by atoms with van der Waals surface area (Å²) in [6, 6.07) is 13.5. The van der Waals surface area contributed by atoms with Crippen molar-refractivity contribution >= 4 is 16.6 Å². The third kappa shape index (κ3) is 2.21. The molecule has 0 aliphatic carbocycles. The van der Waals surface area contributed by atoms with Gasteiger partial charge in [0.2, 0.25) is 5.78 Å². The van der Waals surface area contributed by atoms with E-state index in [9.17, 15) is 14.7 Å². The molecule has 0 amide bonds. The normalized spacial score (nSPS) is 10.7. The van der Waals surface area contributed by atoms with Crippen molar-refractivity contribution in [2.45, 2.75) is 6.92 Å². The van der Waals surface area contributed by atoms with Gasteiger partial charge in [-0.15, -0.1) is 0 Å². The second kappa shape index (κ2) is 4.90. The van der Waals surface area contributed by atoms with Crippen LogP contribution in [-0.4, -0.2) is 10.9 Å². The van der Waals surface area contributed by atoms with Crippen LogP contribution in [0.3, 0.4) is 0 Å². The molecule has 0 fully saturated rings. The number of aryl methyl sites for hydroxylation is 1. The quantitative estimate of drug-likeness (QED) is 0.733. The van der Waals surface area contributed by atoms with Gasteiger partial charge in [0.05, 0.1) is 5.39 Å². The van der Waals surface area contributed by atoms with Gasteiger partial charge in [0.1, 0.15) is 5.56 Å². The van der Waals surface area contributed by atoms with Gasteiger partial charge in [-0.2, -0.15) is 0 Å². The minimum atomic E-state index is -0.663. The lowest BCUT2D eigenvalue weighted by Crippen LogP contribution is -2.08. The summed E-state index contributed by atoms with van der Waals surface area (Å²) in [5.74, 6) is -1.03. The van der Waals surface area contributed by atoms with E-state index >= 15 is 0 Å². The first-order valence-corrected chi connectivity index (χ1v) is 6.44. The van der Waals surface area contributed by atoms with Crippen LogP contribution in [0.1, 0.15) is 21.5 Å². The van der Waals surface area contributed by atoms with Gasteiger partial charge in [0.25, 0.3) is 5.95 Å². The maximum Gasteiger partial charge on any atom is 0.346 e. The molecule has 21 heavy (non-hydrogen) atoms. The molecule has 0 unspecified atom stereocenters. The van der Waals surface area contributed by atoms with Crippen molar-refractivity contribution < 1.29 is 14.3 Å². The summed E-state index contributed by atoms with van der Waals surface area (Å²) >= 11 is 0. The van der Waals surface area contributed by atoms with Gasteiger partial charge in [-0.25, -0.2) is 4.79 Å². The lowest BCUT2D eigenvalue weighted by atomic mass is 9.99. The number of benzene rings is 2. The molecule has 0 spiro atoms. The van der Waals surface area contributed by atoms with Gasteiger partial charge in [-0.1, -0.05) is 48.0 Å². The molecule has 0 bridgehead atoms. The first kappa shape index (κ1) is 13.1. The molecule has 2 aromatic carbocycles. The van der Waals surface area contributed by atoms with Crippen molar-refractivity contribution in [3.63, 3.8) is 0 Å². The molecule has 1 heterocycles. The Kier molecular flexibility index (Phi) is 3.06. The molecule has 3 aromatic rings. The molecule has 0 radical (unpaired) electrons. The van der Waals surface area contributed by atoms with Gasteiger partial charge in [0.15, 0.2) is 0 Å². The number of ketones is 1. The fourth-order valence-corrected chi connectivity index (χ4v) is 2.26. The number of rotatable bonds is 2. The van der Waals surface area contributed by atoms with Gasteiger partial charge in [-0.05, 0) is 13.0 Å². The summed E-state index contributed by atoms with van der Waals surface area (Å²) in [6.45, 7) is 1.92. The highest BCUT2D eigenvalue weighted by molar-refractivity contribution is 6.17. The Morgan fingerprint density at radius 1 is 1.00 bits per heavy atom. The predicted molar refractivity (Wildman–Crippen MR) is 78.8 cm³/mol. The minimum Gasteiger partial charge on any atom is -0.480 e. The standard InChI is InChI=1S/C17H12O4/c1-10-6-8-11(9-7-10)15(18)14-12-4-2-3-5-13(12)16(19)21-17(14)20/h2-9,20H,1H3. The Balaban J connectivity index is 2.27. The summed E-state index contributed by atoms with van der Waals surface area (Å²) in [6.07, 6.45) is 0. The number of hydrogen-bond acceptors (Lipinski definition) is 4. The number of hydrogen-bond donors (Lipinski definition) is 1. The fourth-order valence-electron chi connectivity index (χ4n) is 2.26. The van der Waals surface area contributed by atoms with Crippen molar-refractivity contribution in [3.05, 3.63) is 75.6 Å². The van der Waals surface area contributed by atoms with Crippen molar-refractivity contribution in [1.82, 2.24) is 0 Å². The third-order valence-corrected chi connectivity index (χ3v) is 3.36. The van der Waals surface area contributed by atoms with Crippen LogP contribution in [-0.2, 0) is 0 Å². The van der Waals surface area contributed by atoms with Crippen LogP contribution in [0.25, 0.3) is 10.8 Å². The van der Waals surface area contributed by atoms with Crippen molar-refractivity contribution in [1.29, 1.82) is 0 Å². The molecular weight excluding hydrogens is 268 g/mol. The molecule has 4 heteroatoms. The Morgan fingerprint density at radius 3 is 2.29 bits per heavy atom. The lowest BCUT2D eigenvalue weighted by Gasteiger charge is -2.06. The summed E-state index contributed by atoms with van der Waals surface area (Å²) < 4.78 is 4.77. The number of fused-ring (bicyclic) bond motifs is 1. The van der Waals surface area contributed by atoms with E-state index in [4.69, 9.17) is 4.42 Å². The van der Waals surface area contributed by atoms with E-state index in [-0.39, 0.29) is 16.7 Å². The average molecular weight is 280 g/mol. The molecule has 0 aliphatic heterocycles. The number of carbonyl (C=O) groups is 1. The first-order chi connectivity index (χ1) is 10.1. The smallest absolute Gasteiger partial charge is 0.346 e. The van der Waals surface area contributed by atoms with Crippen molar-refractivity contribution in [3.8, 4) is 5.95 Å². The van der Waals surface area contributed by atoms with Crippen LogP contribution in [0, 0.1) is 6.92 Å². The topological polar surface area (TPSA) is 67.5 Å². The van der Waals surface area contributed by atoms with E-state index in [1.54, 1.807) is 36.4 Å². The van der Waals surface area contributed by atoms with E-state index in [1.807, 2.05) is 19.1 Å². The predicted octanol–water partition coefficient (Wildman–Crippen LogP) is 3.04. The largest absolute Gasteiger partial charge is 0.480 e. The minimum absolute atomic E-state index is 0.00838. The van der Waals surface area contributed by atoms with E-state index < -0.39 is 11.6 Å². The summed E-state index contributed by atoms with van der Waals surface area (Å²) in [7, 11) is 0. The lowest BCUT2D eigenvalue weighted by molar-refractivity contribution is 0.103. The molecule has 1 aromatic heterocycles. The third-order valence-electron chi connectivity index (χ3n) is 3.36. The van der Waals surface area contributed by atoms with E-state index in [0.29, 0.717) is 10.9 Å². The SMILES string of the molecule is Cc1ccc(C(=O)c2c(O)oc(=O)c3ccccc23)cc1. The van der Waals surface area contributed by atoms with E-state index in [0.717, 1.165) is 5.56 Å². The van der Waals surface area contributed by atoms with Crippen LogP contribution in [0.2, 0.25) is 0 Å². The Bertz CT molecular complexity index is 889. The molecule has 3 rings (SSSR count). The molecule has 4 nitrogen and oxygen atoms in total. The number of carbonyl (C=O) groups excluding carboxylic acids is 1. The van der Waals surface area contributed by atoms with Crippen molar-refractivity contribution in [2.75, 3.05) is 0 Å². The monoisotopic (exact) mass is 280 g/mol. The van der Waals surface area contributed by atoms with Gasteiger partial charge < -0.3 is 9.52 Å². The molecule has 0 atom stereocenters. The second-order valence-electron chi connectivity index (χ2n) is 4.81. The highest BCUT2D eigenvalue weighted by Crippen LogP contribution is 2.27. The van der Waals surface area contributed by atoms with Crippen molar-refractivity contribution in [2.24, 2.45) is 0 Å². The van der Waals surface area contributed by atoms with Crippen LogP contribution < -0.4 is 5.63 Å². The van der Waals surface area contributed by atoms with Gasteiger partial charge in [-0.3, -0.25) is 4.79 Å². The summed E-state index contributed by atoms with van der Waals surface area (Å²) in [5.41, 5.74) is 0.799. The Labute approximate surface area is 120 Å². The molecule has 0 aliphatic rings. The van der Waals surface area contributed by atoms with E-state index in [1.165, 1.54) is 0 Å². The van der Waals surface area contributed by atoms with Crippen LogP contribution in [0.5, 0.6) is 5.95 Å². The Hall–Kier alpha value is -2.88. The maximum atomic E-state index is 12.6. The fraction of sp³-hybridized carbons (Fsp3) is 0.0588. The zero-order chi connectivity index (χ0) is 15.0. The highest BCUT2D eigenvalue weighted by Gasteiger charge is 2.20. The maximum absolute atomic E-state index is 12.6. The number of aromatic hydroxyl groups is 1. The first-order valence-electron chi connectivity index (χ1n) is 6.44. The second-order valence-corrected chi connectivity index (χ2v) is 4.81. The molecule has 104 valence electrons. The molecule has 1 N–H and O–H groups in total. The Morgan fingerprint density at radius 2 is 1.62 bits per heavy atom. The van der Waals surface area contributed by atoms with Gasteiger partial charge in [0, 0.05) is 10.9 Å². The van der Waals surface area contributed by atoms with Crippen LogP contribution >= 0.6 is 0 Å². The molecular formula is C17H12O4. The van der Waals surface area contributed by atoms with Gasteiger partial charge >= 0.3 is 5.63 Å². The molecule has 0 saturated heterocycles. The van der Waals surface area contributed by atoms with Crippen LogP contribution in [0.15, 0.2) is 57.7 Å². The molecule has 0 saturated carbocycles. The average Bonchev–Trinajstić information content (AvgIpc) is 2.48. The summed E-state index contributed by atoms with van der Waals surface area (Å²) in [4.78, 5) is 24.3.